The standard InChI is InChI=1S/C63H90F6O10/c1-16-55(14,17-2)36-41-32-40(13)33-42(50(41)71)37-57(20-5,21-6)59(24-9,25-10)78-53(76)46-30-28-43(34-48(46)51(72)73)61(62(64,65)66,63(67,68)69)44-29-31-47(49(35-44)52(74)75)54(77)79-60(26-11,27-12)58(22-7,23-8)39-45(70)38-56(15,18-3)19-4/h28-35,45,70-71H,16-27,36-39H2,1-15H3,(H,72,73)(H,74,75). The molecule has 0 saturated heterocycles. The number of phenolic OH excluding ortho intramolecular Hbond substituents is 1. The summed E-state index contributed by atoms with van der Waals surface area (Å²) in [7, 11) is 0. The number of esters is 2. The third-order valence-electron chi connectivity index (χ3n) is 19.5. The second-order valence-electron chi connectivity index (χ2n) is 22.9. The molecule has 444 valence electrons. The molecule has 79 heavy (non-hydrogen) atoms. The highest BCUT2D eigenvalue weighted by molar-refractivity contribution is 6.04. The molecule has 0 amide bonds. The molecule has 0 bridgehead atoms. The Morgan fingerprint density at radius 1 is 0.481 bits per heavy atom. The van der Waals surface area contributed by atoms with E-state index < -0.39 is 103 Å². The molecule has 1 unspecified atom stereocenters. The lowest BCUT2D eigenvalue weighted by Crippen LogP contribution is -2.55. The van der Waals surface area contributed by atoms with Gasteiger partial charge in [-0.05, 0) is 141 Å². The Balaban J connectivity index is 2.31. The van der Waals surface area contributed by atoms with Gasteiger partial charge in [0.25, 0.3) is 0 Å². The molecule has 16 heteroatoms. The Morgan fingerprint density at radius 3 is 1.15 bits per heavy atom. The van der Waals surface area contributed by atoms with E-state index in [1.54, 1.807) is 27.7 Å². The zero-order valence-electron chi connectivity index (χ0n) is 49.5. The second-order valence-corrected chi connectivity index (χ2v) is 22.9. The number of aliphatic hydroxyl groups excluding tert-OH is 1. The first kappa shape index (κ1) is 68.2. The first-order valence-electron chi connectivity index (χ1n) is 28.5. The lowest BCUT2D eigenvalue weighted by molar-refractivity contribution is -0.288. The number of benzene rings is 3. The third-order valence-corrected chi connectivity index (χ3v) is 19.5. The zero-order valence-corrected chi connectivity index (χ0v) is 49.5. The van der Waals surface area contributed by atoms with E-state index in [2.05, 4.69) is 27.7 Å². The molecule has 0 radical (unpaired) electrons. The molecule has 3 rings (SSSR count). The summed E-state index contributed by atoms with van der Waals surface area (Å²) in [6, 6.07) is 5.72. The van der Waals surface area contributed by atoms with Crippen molar-refractivity contribution in [3.63, 3.8) is 0 Å². The molecule has 0 aliphatic rings. The van der Waals surface area contributed by atoms with Crippen molar-refractivity contribution in [3.05, 3.63) is 98.6 Å². The number of rotatable bonds is 30. The highest BCUT2D eigenvalue weighted by atomic mass is 19.4. The average molecular weight is 1120 g/mol. The van der Waals surface area contributed by atoms with Gasteiger partial charge in [0.1, 0.15) is 17.0 Å². The number of hydrogen-bond acceptors (Lipinski definition) is 8. The first-order chi connectivity index (χ1) is 36.6. The molecular weight excluding hydrogens is 1030 g/mol. The van der Waals surface area contributed by atoms with Crippen molar-refractivity contribution < 1.29 is 75.4 Å². The fourth-order valence-electron chi connectivity index (χ4n) is 13.1. The number of carboxylic acids is 2. The van der Waals surface area contributed by atoms with Crippen LogP contribution in [0.4, 0.5) is 26.3 Å². The van der Waals surface area contributed by atoms with Gasteiger partial charge in [0.15, 0.2) is 0 Å². The summed E-state index contributed by atoms with van der Waals surface area (Å²) in [5, 5.41) is 44.4. The lowest BCUT2D eigenvalue weighted by atomic mass is 9.61. The number of hydrogen-bond donors (Lipinski definition) is 4. The van der Waals surface area contributed by atoms with E-state index in [9.17, 15) is 39.6 Å². The minimum absolute atomic E-state index is 0.0961. The van der Waals surface area contributed by atoms with Crippen LogP contribution in [0.15, 0.2) is 48.5 Å². The van der Waals surface area contributed by atoms with Gasteiger partial charge in [0.05, 0.1) is 28.4 Å². The summed E-state index contributed by atoms with van der Waals surface area (Å²) in [4.78, 5) is 55.0. The monoisotopic (exact) mass is 1120 g/mol. The van der Waals surface area contributed by atoms with Gasteiger partial charge >= 0.3 is 36.2 Å². The Labute approximate surface area is 465 Å². The van der Waals surface area contributed by atoms with Gasteiger partial charge < -0.3 is 29.9 Å². The van der Waals surface area contributed by atoms with E-state index in [0.29, 0.717) is 68.4 Å². The summed E-state index contributed by atoms with van der Waals surface area (Å²) in [5.41, 5.74) is -15.4. The van der Waals surface area contributed by atoms with Gasteiger partial charge in [0.2, 0.25) is 5.41 Å². The summed E-state index contributed by atoms with van der Waals surface area (Å²) in [6.45, 7) is 28.8. The number of phenols is 1. The van der Waals surface area contributed by atoms with Gasteiger partial charge in [0, 0.05) is 10.8 Å². The fourth-order valence-corrected chi connectivity index (χ4v) is 13.1. The SMILES string of the molecule is CCC(C)(CC)Cc1cc(C)cc(CC(CC)(CC)C(CC)(CC)OC(=O)c2ccc(C(c3ccc(C(=O)OC(CC)(CC)C(CC)(CC)CC(O)CC(C)(CC)CC)c(C(=O)O)c3)(C(F)(F)F)C(F)(F)F)cc2C(=O)O)c1O. The Kier molecular flexibility index (Phi) is 22.6. The van der Waals surface area contributed by atoms with E-state index in [1.165, 1.54) is 0 Å². The van der Waals surface area contributed by atoms with Crippen LogP contribution >= 0.6 is 0 Å². The molecule has 0 saturated carbocycles. The summed E-state index contributed by atoms with van der Waals surface area (Å²) >= 11 is 0. The number of carbonyl (C=O) groups excluding carboxylic acids is 2. The molecule has 0 aromatic heterocycles. The van der Waals surface area contributed by atoms with Crippen molar-refractivity contribution in [2.24, 2.45) is 21.7 Å². The number of halogens is 6. The van der Waals surface area contributed by atoms with Crippen LogP contribution < -0.4 is 0 Å². The van der Waals surface area contributed by atoms with Crippen LogP contribution in [0, 0.1) is 28.6 Å². The smallest absolute Gasteiger partial charge is 0.411 e. The Hall–Kier alpha value is -5.12. The summed E-state index contributed by atoms with van der Waals surface area (Å²) in [5.74, 6) is -6.66. The highest BCUT2D eigenvalue weighted by Crippen LogP contribution is 2.58. The molecule has 10 nitrogen and oxygen atoms in total. The second kappa shape index (κ2) is 26.2. The van der Waals surface area contributed by atoms with Crippen LogP contribution in [0.2, 0.25) is 0 Å². The van der Waals surface area contributed by atoms with E-state index in [0.717, 1.165) is 36.8 Å². The Bertz CT molecular complexity index is 2560. The van der Waals surface area contributed by atoms with E-state index in [-0.39, 0.29) is 67.2 Å². The zero-order chi connectivity index (χ0) is 60.5. The molecule has 0 heterocycles. The fraction of sp³-hybridized carbons (Fsp3) is 0.651. The van der Waals surface area contributed by atoms with Crippen LogP contribution in [0.1, 0.15) is 256 Å². The number of aryl methyl sites for hydroxylation is 1. The van der Waals surface area contributed by atoms with Gasteiger partial charge in [-0.15, -0.1) is 0 Å². The molecule has 3 aromatic rings. The highest BCUT2D eigenvalue weighted by Gasteiger charge is 2.73. The van der Waals surface area contributed by atoms with Crippen LogP contribution in [0.25, 0.3) is 0 Å². The number of aromatic carboxylic acids is 2. The van der Waals surface area contributed by atoms with Crippen LogP contribution in [0.5, 0.6) is 5.75 Å². The number of ether oxygens (including phenoxy) is 2. The maximum absolute atomic E-state index is 15.9. The minimum Gasteiger partial charge on any atom is -0.507 e. The minimum atomic E-state index is -6.36. The largest absolute Gasteiger partial charge is 0.507 e. The van der Waals surface area contributed by atoms with Gasteiger partial charge in [-0.2, -0.15) is 26.3 Å². The van der Waals surface area contributed by atoms with Crippen molar-refractivity contribution in [2.75, 3.05) is 0 Å². The number of carboxylic acid groups (broad SMARTS) is 2. The number of aliphatic hydroxyl groups is 1. The summed E-state index contributed by atoms with van der Waals surface area (Å²) < 4.78 is 108. The van der Waals surface area contributed by atoms with Crippen LogP contribution in [0.3, 0.4) is 0 Å². The van der Waals surface area contributed by atoms with Gasteiger partial charge in [-0.25, -0.2) is 19.2 Å². The molecule has 0 aliphatic carbocycles. The first-order valence-corrected chi connectivity index (χ1v) is 28.5. The predicted octanol–water partition coefficient (Wildman–Crippen LogP) is 17.1. The maximum Gasteiger partial charge on any atom is 0.411 e. The predicted molar refractivity (Wildman–Crippen MR) is 296 cm³/mol. The van der Waals surface area contributed by atoms with E-state index in [1.807, 2.05) is 60.6 Å². The molecule has 0 spiro atoms. The molecule has 0 aliphatic heterocycles. The number of aromatic hydroxyl groups is 1. The Morgan fingerprint density at radius 2 is 0.835 bits per heavy atom. The molecule has 1 atom stereocenters. The van der Waals surface area contributed by atoms with E-state index in [4.69, 9.17) is 9.47 Å². The van der Waals surface area contributed by atoms with Gasteiger partial charge in [-0.3, -0.25) is 0 Å². The van der Waals surface area contributed by atoms with Crippen molar-refractivity contribution in [1.82, 2.24) is 0 Å². The summed E-state index contributed by atoms with van der Waals surface area (Å²) in [6.07, 6.45) is -6.72. The van der Waals surface area contributed by atoms with Gasteiger partial charge in [-0.1, -0.05) is 152 Å². The van der Waals surface area contributed by atoms with E-state index >= 15 is 26.3 Å². The van der Waals surface area contributed by atoms with Crippen molar-refractivity contribution in [1.29, 1.82) is 0 Å². The van der Waals surface area contributed by atoms with Crippen LogP contribution in [-0.2, 0) is 27.7 Å². The van der Waals surface area contributed by atoms with Crippen molar-refractivity contribution >= 4 is 23.9 Å². The molecular formula is C63H90F6O10. The van der Waals surface area contributed by atoms with Crippen molar-refractivity contribution in [3.8, 4) is 5.75 Å². The maximum atomic E-state index is 15.9. The normalized spacial score (nSPS) is 13.8. The average Bonchev–Trinajstić information content (AvgIpc) is 3.41. The number of alkyl halides is 6. The van der Waals surface area contributed by atoms with Crippen molar-refractivity contribution in [2.45, 2.75) is 242 Å². The number of carbonyl (C=O) groups is 4. The van der Waals surface area contributed by atoms with Crippen LogP contribution in [-0.4, -0.2) is 74.0 Å². The molecule has 4 N–H and O–H groups in total. The molecule has 3 aromatic carbocycles. The molecule has 0 fully saturated rings. The third kappa shape index (κ3) is 13.1. The quantitative estimate of drug-likeness (QED) is 0.0373. The lowest BCUT2D eigenvalue weighted by Gasteiger charge is -2.50. The topological polar surface area (TPSA) is 168 Å².